The van der Waals surface area contributed by atoms with Crippen LogP contribution in [-0.2, 0) is 9.59 Å². The Kier molecular flexibility index (Phi) is 5.17. The normalized spacial score (nSPS) is 20.0. The van der Waals surface area contributed by atoms with E-state index in [4.69, 9.17) is 23.2 Å². The van der Waals surface area contributed by atoms with Crippen molar-refractivity contribution in [3.63, 3.8) is 0 Å². The van der Waals surface area contributed by atoms with Crippen LogP contribution in [-0.4, -0.2) is 28.8 Å². The molecule has 1 aromatic rings. The van der Waals surface area contributed by atoms with Crippen LogP contribution < -0.4 is 5.32 Å². The first kappa shape index (κ1) is 16.6. The van der Waals surface area contributed by atoms with Crippen LogP contribution in [0.25, 0.3) is 0 Å². The van der Waals surface area contributed by atoms with Gasteiger partial charge in [-0.25, -0.2) is 0 Å². The first-order valence-corrected chi connectivity index (χ1v) is 8.17. The number of halogens is 3. The predicted molar refractivity (Wildman–Crippen MR) is 87.8 cm³/mol. The molecule has 1 N–H and O–H groups in total. The molecule has 21 heavy (non-hydrogen) atoms. The monoisotopic (exact) mass is 392 g/mol. The second kappa shape index (κ2) is 6.55. The molecular formula is C14H15BrCl2N2O2. The molecule has 0 aliphatic carbocycles. The number of hydrogen-bond acceptors (Lipinski definition) is 3. The SMILES string of the molecule is CCC(C)N1C(=O)CC(Nc2c(Cl)cc(Br)cc2Cl)C1=O. The molecule has 0 saturated carbocycles. The maximum Gasteiger partial charge on any atom is 0.252 e. The third-order valence-corrected chi connectivity index (χ3v) is 4.59. The van der Waals surface area contributed by atoms with Gasteiger partial charge in [0, 0.05) is 10.5 Å². The van der Waals surface area contributed by atoms with Gasteiger partial charge in [-0.2, -0.15) is 0 Å². The van der Waals surface area contributed by atoms with Crippen LogP contribution in [0.5, 0.6) is 0 Å². The molecule has 0 bridgehead atoms. The summed E-state index contributed by atoms with van der Waals surface area (Å²) in [5.74, 6) is -0.402. The Morgan fingerprint density at radius 1 is 1.38 bits per heavy atom. The lowest BCUT2D eigenvalue weighted by Crippen LogP contribution is -2.40. The molecular weight excluding hydrogens is 379 g/mol. The number of rotatable bonds is 4. The van der Waals surface area contributed by atoms with E-state index in [1.165, 1.54) is 4.90 Å². The van der Waals surface area contributed by atoms with Crippen LogP contribution in [0.3, 0.4) is 0 Å². The van der Waals surface area contributed by atoms with Gasteiger partial charge < -0.3 is 5.32 Å². The van der Waals surface area contributed by atoms with E-state index in [9.17, 15) is 9.59 Å². The lowest BCUT2D eigenvalue weighted by atomic mass is 10.2. The van der Waals surface area contributed by atoms with E-state index in [0.717, 1.165) is 10.9 Å². The molecule has 2 rings (SSSR count). The Balaban J connectivity index is 2.22. The number of amides is 2. The van der Waals surface area contributed by atoms with Crippen molar-refractivity contribution in [1.29, 1.82) is 0 Å². The molecule has 0 spiro atoms. The first-order valence-electron chi connectivity index (χ1n) is 6.62. The fraction of sp³-hybridized carbons (Fsp3) is 0.429. The summed E-state index contributed by atoms with van der Waals surface area (Å²) in [6.07, 6.45) is 0.843. The molecule has 2 atom stereocenters. The van der Waals surface area contributed by atoms with Gasteiger partial charge in [0.05, 0.1) is 22.2 Å². The molecule has 0 aromatic heterocycles. The predicted octanol–water partition coefficient (Wildman–Crippen LogP) is 4.09. The van der Waals surface area contributed by atoms with Gasteiger partial charge in [0.2, 0.25) is 5.91 Å². The van der Waals surface area contributed by atoms with Crippen LogP contribution >= 0.6 is 39.1 Å². The van der Waals surface area contributed by atoms with Crippen molar-refractivity contribution in [2.24, 2.45) is 0 Å². The number of benzene rings is 1. The topological polar surface area (TPSA) is 49.4 Å². The summed E-state index contributed by atoms with van der Waals surface area (Å²) in [5.41, 5.74) is 0.471. The summed E-state index contributed by atoms with van der Waals surface area (Å²) in [4.78, 5) is 25.7. The van der Waals surface area contributed by atoms with Crippen LogP contribution in [0.2, 0.25) is 10.0 Å². The highest BCUT2D eigenvalue weighted by Gasteiger charge is 2.40. The molecule has 4 nitrogen and oxygen atoms in total. The third kappa shape index (κ3) is 3.35. The Bertz CT molecular complexity index is 571. The van der Waals surface area contributed by atoms with Crippen molar-refractivity contribution in [1.82, 2.24) is 4.90 Å². The van der Waals surface area contributed by atoms with Gasteiger partial charge in [0.25, 0.3) is 5.91 Å². The minimum atomic E-state index is -0.623. The number of carbonyl (C=O) groups is 2. The minimum Gasteiger partial charge on any atom is -0.371 e. The van der Waals surface area contributed by atoms with Crippen molar-refractivity contribution < 1.29 is 9.59 Å². The lowest BCUT2D eigenvalue weighted by Gasteiger charge is -2.22. The van der Waals surface area contributed by atoms with E-state index in [2.05, 4.69) is 21.2 Å². The summed E-state index contributed by atoms with van der Waals surface area (Å²) >= 11 is 15.6. The molecule has 2 amide bonds. The zero-order valence-electron chi connectivity index (χ0n) is 11.6. The number of likely N-dealkylation sites (tertiary alicyclic amines) is 1. The molecule has 1 aliphatic heterocycles. The highest BCUT2D eigenvalue weighted by atomic mass is 79.9. The summed E-state index contributed by atoms with van der Waals surface area (Å²) in [6.45, 7) is 3.80. The van der Waals surface area contributed by atoms with Gasteiger partial charge in [0.15, 0.2) is 0 Å². The van der Waals surface area contributed by atoms with Crippen molar-refractivity contribution in [2.45, 2.75) is 38.8 Å². The first-order chi connectivity index (χ1) is 9.85. The Labute approximate surface area is 141 Å². The summed E-state index contributed by atoms with van der Waals surface area (Å²) in [6, 6.07) is 2.64. The van der Waals surface area contributed by atoms with Crippen LogP contribution in [0.4, 0.5) is 5.69 Å². The highest BCUT2D eigenvalue weighted by molar-refractivity contribution is 9.10. The van der Waals surface area contributed by atoms with E-state index in [0.29, 0.717) is 15.7 Å². The molecule has 0 radical (unpaired) electrons. The summed E-state index contributed by atoms with van der Waals surface area (Å²) in [5, 5.41) is 3.80. The second-order valence-electron chi connectivity index (χ2n) is 5.00. The Morgan fingerprint density at radius 3 is 2.48 bits per heavy atom. The van der Waals surface area contributed by atoms with Crippen molar-refractivity contribution in [3.8, 4) is 0 Å². The van der Waals surface area contributed by atoms with Gasteiger partial charge in [-0.3, -0.25) is 14.5 Å². The van der Waals surface area contributed by atoms with Crippen molar-refractivity contribution >= 4 is 56.6 Å². The van der Waals surface area contributed by atoms with Crippen molar-refractivity contribution in [2.75, 3.05) is 5.32 Å². The Morgan fingerprint density at radius 2 is 1.95 bits per heavy atom. The molecule has 114 valence electrons. The van der Waals surface area contributed by atoms with E-state index in [1.807, 2.05) is 13.8 Å². The molecule has 1 saturated heterocycles. The van der Waals surface area contributed by atoms with Crippen molar-refractivity contribution in [3.05, 3.63) is 26.7 Å². The fourth-order valence-electron chi connectivity index (χ4n) is 2.26. The van der Waals surface area contributed by atoms with E-state index < -0.39 is 6.04 Å². The standard InChI is InChI=1S/C14H15BrCl2N2O2/c1-3-7(2)19-12(20)6-11(14(19)21)18-13-9(16)4-8(15)5-10(13)17/h4-5,7,11,18H,3,6H2,1-2H3. The maximum absolute atomic E-state index is 12.4. The molecule has 1 aromatic carbocycles. The van der Waals surface area contributed by atoms with Gasteiger partial charge in [0.1, 0.15) is 6.04 Å². The van der Waals surface area contributed by atoms with Gasteiger partial charge in [-0.1, -0.05) is 46.1 Å². The van der Waals surface area contributed by atoms with E-state index >= 15 is 0 Å². The van der Waals surface area contributed by atoms with Crippen LogP contribution in [0.1, 0.15) is 26.7 Å². The number of nitrogens with zero attached hydrogens (tertiary/aromatic N) is 1. The third-order valence-electron chi connectivity index (χ3n) is 3.54. The zero-order chi connectivity index (χ0) is 15.7. The summed E-state index contributed by atoms with van der Waals surface area (Å²) in [7, 11) is 0. The highest BCUT2D eigenvalue weighted by Crippen LogP contribution is 2.35. The van der Waals surface area contributed by atoms with Gasteiger partial charge in [-0.15, -0.1) is 0 Å². The fourth-order valence-corrected chi connectivity index (χ4v) is 3.58. The molecule has 1 aliphatic rings. The zero-order valence-corrected chi connectivity index (χ0v) is 14.7. The maximum atomic E-state index is 12.4. The number of hydrogen-bond donors (Lipinski definition) is 1. The number of carbonyl (C=O) groups excluding carboxylic acids is 2. The van der Waals surface area contributed by atoms with Crippen LogP contribution in [0, 0.1) is 0 Å². The quantitative estimate of drug-likeness (QED) is 0.783. The Hall–Kier alpha value is -0.780. The van der Waals surface area contributed by atoms with E-state index in [1.54, 1.807) is 12.1 Å². The molecule has 1 fully saturated rings. The van der Waals surface area contributed by atoms with Gasteiger partial charge >= 0.3 is 0 Å². The van der Waals surface area contributed by atoms with Crippen LogP contribution in [0.15, 0.2) is 16.6 Å². The summed E-state index contributed by atoms with van der Waals surface area (Å²) < 4.78 is 0.748. The second-order valence-corrected chi connectivity index (χ2v) is 6.73. The number of nitrogens with one attached hydrogen (secondary N) is 1. The molecule has 2 unspecified atom stereocenters. The average molecular weight is 394 g/mol. The smallest absolute Gasteiger partial charge is 0.252 e. The van der Waals surface area contributed by atoms with Gasteiger partial charge in [-0.05, 0) is 25.5 Å². The minimum absolute atomic E-state index is 0.104. The molecule has 7 heteroatoms. The van der Waals surface area contributed by atoms with E-state index in [-0.39, 0.29) is 24.3 Å². The average Bonchev–Trinajstić information content (AvgIpc) is 2.68. The number of imide groups is 1. The lowest BCUT2D eigenvalue weighted by molar-refractivity contribution is -0.140. The molecule has 1 heterocycles. The largest absolute Gasteiger partial charge is 0.371 e. The number of anilines is 1.